The van der Waals surface area contributed by atoms with Crippen molar-refractivity contribution in [2.24, 2.45) is 0 Å². The molecule has 0 atom stereocenters. The molecule has 2 aromatic carbocycles. The molecule has 1 amide bonds. The Kier molecular flexibility index (Phi) is 4.50. The average molecular weight is 360 g/mol. The highest BCUT2D eigenvalue weighted by Crippen LogP contribution is 2.30. The van der Waals surface area contributed by atoms with E-state index in [1.807, 2.05) is 31.2 Å². The van der Waals surface area contributed by atoms with Crippen molar-refractivity contribution in [2.45, 2.75) is 20.0 Å². The van der Waals surface area contributed by atoms with Crippen molar-refractivity contribution in [2.75, 3.05) is 5.32 Å². The van der Waals surface area contributed by atoms with Crippen LogP contribution >= 0.6 is 0 Å². The summed E-state index contributed by atoms with van der Waals surface area (Å²) in [5.74, 6) is -0.624. The first-order valence-corrected chi connectivity index (χ1v) is 7.73. The molecule has 0 radical (unpaired) electrons. The van der Waals surface area contributed by atoms with Crippen LogP contribution in [-0.2, 0) is 6.18 Å². The van der Waals surface area contributed by atoms with Crippen molar-refractivity contribution in [3.05, 3.63) is 71.0 Å². The Morgan fingerprint density at radius 1 is 1.08 bits per heavy atom. The fourth-order valence-corrected chi connectivity index (χ4v) is 2.51. The zero-order valence-corrected chi connectivity index (χ0v) is 14.0. The van der Waals surface area contributed by atoms with E-state index in [0.29, 0.717) is 5.69 Å². The number of aryl methyl sites for hydroxylation is 1. The molecule has 8 heteroatoms. The van der Waals surface area contributed by atoms with Crippen molar-refractivity contribution in [1.29, 1.82) is 0 Å². The van der Waals surface area contributed by atoms with Crippen molar-refractivity contribution in [3.63, 3.8) is 0 Å². The zero-order chi connectivity index (χ0) is 18.9. The minimum atomic E-state index is -4.48. The smallest absolute Gasteiger partial charge is 0.321 e. The lowest BCUT2D eigenvalue weighted by Gasteiger charge is -2.09. The molecule has 0 aliphatic heterocycles. The van der Waals surface area contributed by atoms with Crippen molar-refractivity contribution in [3.8, 4) is 5.69 Å². The molecule has 134 valence electrons. The van der Waals surface area contributed by atoms with Crippen LogP contribution in [0.1, 0.15) is 27.3 Å². The fraction of sp³-hybridized carbons (Fsp3) is 0.167. The van der Waals surface area contributed by atoms with E-state index in [9.17, 15) is 18.0 Å². The van der Waals surface area contributed by atoms with E-state index < -0.39 is 17.6 Å². The molecule has 0 saturated carbocycles. The summed E-state index contributed by atoms with van der Waals surface area (Å²) in [5, 5.41) is 10.3. The van der Waals surface area contributed by atoms with Gasteiger partial charge < -0.3 is 5.32 Å². The predicted molar refractivity (Wildman–Crippen MR) is 90.2 cm³/mol. The van der Waals surface area contributed by atoms with E-state index in [1.165, 1.54) is 16.8 Å². The minimum Gasteiger partial charge on any atom is -0.321 e. The third kappa shape index (κ3) is 3.58. The van der Waals surface area contributed by atoms with E-state index in [1.54, 1.807) is 6.92 Å². The third-order valence-corrected chi connectivity index (χ3v) is 3.80. The summed E-state index contributed by atoms with van der Waals surface area (Å²) in [6.45, 7) is 3.60. The van der Waals surface area contributed by atoms with Gasteiger partial charge in [0.15, 0.2) is 5.69 Å². The molecule has 0 aliphatic carbocycles. The molecule has 1 heterocycles. The molecule has 1 N–H and O–H groups in total. The Balaban J connectivity index is 1.86. The highest BCUT2D eigenvalue weighted by Gasteiger charge is 2.30. The number of hydrogen-bond acceptors (Lipinski definition) is 3. The minimum absolute atomic E-state index is 0.0364. The summed E-state index contributed by atoms with van der Waals surface area (Å²) in [5.41, 5.74) is 1.49. The maximum atomic E-state index is 12.8. The molecule has 0 bridgehead atoms. The van der Waals surface area contributed by atoms with Gasteiger partial charge in [-0.1, -0.05) is 23.4 Å². The number of carbonyl (C=O) groups excluding carboxylic acids is 1. The molecule has 26 heavy (non-hydrogen) atoms. The first kappa shape index (κ1) is 17.7. The topological polar surface area (TPSA) is 59.8 Å². The number of hydrogen-bond donors (Lipinski definition) is 1. The number of halogens is 3. The summed E-state index contributed by atoms with van der Waals surface area (Å²) in [6.07, 6.45) is -4.48. The number of anilines is 1. The van der Waals surface area contributed by atoms with Crippen molar-refractivity contribution >= 4 is 11.6 Å². The quantitative estimate of drug-likeness (QED) is 0.763. The molecule has 3 rings (SSSR count). The first-order valence-electron chi connectivity index (χ1n) is 7.73. The van der Waals surface area contributed by atoms with Crippen LogP contribution in [-0.4, -0.2) is 20.9 Å². The second-order valence-corrected chi connectivity index (χ2v) is 5.81. The van der Waals surface area contributed by atoms with E-state index in [4.69, 9.17) is 0 Å². The van der Waals surface area contributed by atoms with Gasteiger partial charge in [-0.25, -0.2) is 4.68 Å². The number of aromatic nitrogens is 3. The summed E-state index contributed by atoms with van der Waals surface area (Å²) in [4.78, 5) is 12.4. The van der Waals surface area contributed by atoms with Gasteiger partial charge in [-0.3, -0.25) is 4.79 Å². The van der Waals surface area contributed by atoms with E-state index in [0.717, 1.165) is 23.4 Å². The van der Waals surface area contributed by atoms with Crippen LogP contribution in [0.4, 0.5) is 18.9 Å². The Bertz CT molecular complexity index is 963. The second-order valence-electron chi connectivity index (χ2n) is 5.81. The van der Waals surface area contributed by atoms with Crippen LogP contribution in [0.3, 0.4) is 0 Å². The molecule has 0 unspecified atom stereocenters. The first-order chi connectivity index (χ1) is 12.3. The summed E-state index contributed by atoms with van der Waals surface area (Å²) in [6, 6.07) is 11.9. The summed E-state index contributed by atoms with van der Waals surface area (Å²) < 4.78 is 39.8. The lowest BCUT2D eigenvalue weighted by atomic mass is 10.2. The molecule has 0 saturated heterocycles. The molecular formula is C18H15F3N4O. The molecular weight excluding hydrogens is 345 g/mol. The monoisotopic (exact) mass is 360 g/mol. The normalized spacial score (nSPS) is 11.4. The largest absolute Gasteiger partial charge is 0.416 e. The van der Waals surface area contributed by atoms with Gasteiger partial charge >= 0.3 is 6.18 Å². The van der Waals surface area contributed by atoms with Gasteiger partial charge in [0.2, 0.25) is 0 Å². The van der Waals surface area contributed by atoms with Crippen molar-refractivity contribution < 1.29 is 18.0 Å². The lowest BCUT2D eigenvalue weighted by Crippen LogP contribution is -2.15. The second kappa shape index (κ2) is 6.62. The zero-order valence-electron chi connectivity index (χ0n) is 14.0. The SMILES string of the molecule is Cc1cccc(-n2nnc(C(=O)Nc3cccc(C(F)(F)F)c3)c2C)c1. The predicted octanol–water partition coefficient (Wildman–Crippen LogP) is 4.16. The highest BCUT2D eigenvalue weighted by atomic mass is 19.4. The third-order valence-electron chi connectivity index (χ3n) is 3.80. The molecule has 3 aromatic rings. The number of rotatable bonds is 3. The van der Waals surface area contributed by atoms with Crippen LogP contribution in [0.25, 0.3) is 5.69 Å². The van der Waals surface area contributed by atoms with Crippen molar-refractivity contribution in [1.82, 2.24) is 15.0 Å². The van der Waals surface area contributed by atoms with Gasteiger partial charge in [0.1, 0.15) is 0 Å². The molecule has 0 aliphatic rings. The highest BCUT2D eigenvalue weighted by molar-refractivity contribution is 6.03. The molecule has 0 fully saturated rings. The average Bonchev–Trinajstić information content (AvgIpc) is 2.96. The van der Waals surface area contributed by atoms with Gasteiger partial charge in [0.25, 0.3) is 5.91 Å². The number of carbonyl (C=O) groups is 1. The summed E-state index contributed by atoms with van der Waals surface area (Å²) >= 11 is 0. The Labute approximate surface area is 147 Å². The fourth-order valence-electron chi connectivity index (χ4n) is 2.51. The number of benzene rings is 2. The van der Waals surface area contributed by atoms with E-state index in [2.05, 4.69) is 15.6 Å². The van der Waals surface area contributed by atoms with Crippen LogP contribution < -0.4 is 5.32 Å². The maximum absolute atomic E-state index is 12.8. The lowest BCUT2D eigenvalue weighted by molar-refractivity contribution is -0.137. The Morgan fingerprint density at radius 3 is 2.50 bits per heavy atom. The van der Waals surface area contributed by atoms with Gasteiger partial charge in [-0.15, -0.1) is 5.10 Å². The van der Waals surface area contributed by atoms with Crippen LogP contribution in [0, 0.1) is 13.8 Å². The van der Waals surface area contributed by atoms with Gasteiger partial charge in [0.05, 0.1) is 16.9 Å². The number of nitrogens with one attached hydrogen (secondary N) is 1. The Morgan fingerprint density at radius 2 is 1.81 bits per heavy atom. The van der Waals surface area contributed by atoms with E-state index >= 15 is 0 Å². The number of amides is 1. The summed E-state index contributed by atoms with van der Waals surface area (Å²) in [7, 11) is 0. The van der Waals surface area contributed by atoms with Crippen LogP contribution in [0.5, 0.6) is 0 Å². The van der Waals surface area contributed by atoms with Crippen LogP contribution in [0.2, 0.25) is 0 Å². The van der Waals surface area contributed by atoms with Crippen LogP contribution in [0.15, 0.2) is 48.5 Å². The standard InChI is InChI=1S/C18H15F3N4O/c1-11-5-3-8-15(9-11)25-12(2)16(23-24-25)17(26)22-14-7-4-6-13(10-14)18(19,20)21/h3-10H,1-2H3,(H,22,26). The van der Waals surface area contributed by atoms with Gasteiger partial charge in [-0.2, -0.15) is 13.2 Å². The van der Waals surface area contributed by atoms with Gasteiger partial charge in [-0.05, 0) is 49.7 Å². The molecule has 1 aromatic heterocycles. The maximum Gasteiger partial charge on any atom is 0.416 e. The molecule has 0 spiro atoms. The molecule has 5 nitrogen and oxygen atoms in total. The number of nitrogens with zero attached hydrogens (tertiary/aromatic N) is 3. The van der Waals surface area contributed by atoms with Gasteiger partial charge in [0, 0.05) is 5.69 Å². The van der Waals surface area contributed by atoms with E-state index in [-0.39, 0.29) is 11.4 Å². The number of alkyl halides is 3. The Hall–Kier alpha value is -3.16.